The van der Waals surface area contributed by atoms with Gasteiger partial charge in [0.25, 0.3) is 10.2 Å². The van der Waals surface area contributed by atoms with Crippen molar-refractivity contribution in [1.29, 1.82) is 0 Å². The number of hydrogen-bond donors (Lipinski definition) is 1. The van der Waals surface area contributed by atoms with Gasteiger partial charge in [-0.05, 0) is 32.6 Å². The zero-order chi connectivity index (χ0) is 13.2. The van der Waals surface area contributed by atoms with Crippen molar-refractivity contribution in [1.82, 2.24) is 8.61 Å². The summed E-state index contributed by atoms with van der Waals surface area (Å²) >= 11 is 0. The molecular formula is C11H24N2O3S. The van der Waals surface area contributed by atoms with Gasteiger partial charge in [-0.25, -0.2) is 0 Å². The molecule has 2 atom stereocenters. The summed E-state index contributed by atoms with van der Waals surface area (Å²) in [5.74, 6) is 0.0547. The minimum absolute atomic E-state index is 0.0491. The minimum atomic E-state index is -3.37. The zero-order valence-corrected chi connectivity index (χ0v) is 11.9. The van der Waals surface area contributed by atoms with Crippen LogP contribution in [0.4, 0.5) is 0 Å². The van der Waals surface area contributed by atoms with Crippen molar-refractivity contribution in [2.45, 2.75) is 45.8 Å². The van der Waals surface area contributed by atoms with Crippen LogP contribution in [0.3, 0.4) is 0 Å². The van der Waals surface area contributed by atoms with E-state index in [9.17, 15) is 13.5 Å². The van der Waals surface area contributed by atoms with Crippen LogP contribution in [0.25, 0.3) is 0 Å². The first-order valence-corrected chi connectivity index (χ1v) is 7.61. The molecule has 0 radical (unpaired) electrons. The van der Waals surface area contributed by atoms with Crippen LogP contribution in [0.2, 0.25) is 0 Å². The normalized spacial score (nSPS) is 27.9. The van der Waals surface area contributed by atoms with E-state index in [1.807, 2.05) is 20.8 Å². The fourth-order valence-corrected chi connectivity index (χ4v) is 3.66. The molecule has 0 amide bonds. The lowest BCUT2D eigenvalue weighted by atomic mass is 9.94. The van der Waals surface area contributed by atoms with E-state index in [0.717, 1.165) is 6.42 Å². The molecule has 5 nitrogen and oxygen atoms in total. The number of hydrogen-bond acceptors (Lipinski definition) is 3. The molecule has 1 N–H and O–H groups in total. The number of piperidine rings is 1. The largest absolute Gasteiger partial charge is 0.393 e. The maximum absolute atomic E-state index is 12.3. The van der Waals surface area contributed by atoms with Gasteiger partial charge in [-0.15, -0.1) is 0 Å². The van der Waals surface area contributed by atoms with Gasteiger partial charge in [0.1, 0.15) is 0 Å². The Morgan fingerprint density at radius 2 is 2.06 bits per heavy atom. The van der Waals surface area contributed by atoms with Gasteiger partial charge in [-0.1, -0.05) is 6.92 Å². The summed E-state index contributed by atoms with van der Waals surface area (Å²) in [7, 11) is -1.77. The summed E-state index contributed by atoms with van der Waals surface area (Å²) in [5.41, 5.74) is 0. The molecule has 1 aliphatic heterocycles. The van der Waals surface area contributed by atoms with Gasteiger partial charge in [0.2, 0.25) is 0 Å². The zero-order valence-electron chi connectivity index (χ0n) is 11.1. The van der Waals surface area contributed by atoms with Crippen LogP contribution in [0.5, 0.6) is 0 Å². The fourth-order valence-electron chi connectivity index (χ4n) is 2.05. The van der Waals surface area contributed by atoms with E-state index in [0.29, 0.717) is 19.5 Å². The second kappa shape index (κ2) is 5.65. The molecule has 2 unspecified atom stereocenters. The molecule has 0 spiro atoms. The van der Waals surface area contributed by atoms with Crippen LogP contribution >= 0.6 is 0 Å². The molecule has 1 saturated heterocycles. The highest BCUT2D eigenvalue weighted by atomic mass is 32.2. The molecule has 0 saturated carbocycles. The molecule has 102 valence electrons. The molecule has 0 aliphatic carbocycles. The molecule has 6 heteroatoms. The fraction of sp³-hybridized carbons (Fsp3) is 1.00. The molecule has 0 aromatic carbocycles. The third-order valence-corrected chi connectivity index (χ3v) is 5.73. The summed E-state index contributed by atoms with van der Waals surface area (Å²) in [6.07, 6.45) is 0.971. The van der Waals surface area contributed by atoms with E-state index in [-0.39, 0.29) is 18.1 Å². The van der Waals surface area contributed by atoms with Gasteiger partial charge >= 0.3 is 0 Å². The highest BCUT2D eigenvalue weighted by Crippen LogP contribution is 2.23. The molecule has 0 aromatic heterocycles. The van der Waals surface area contributed by atoms with Crippen molar-refractivity contribution in [3.63, 3.8) is 0 Å². The highest BCUT2D eigenvalue weighted by molar-refractivity contribution is 7.86. The summed E-state index contributed by atoms with van der Waals surface area (Å²) in [6, 6.07) is -0.0491. The molecule has 1 aliphatic rings. The predicted octanol–water partition coefficient (Wildman–Crippen LogP) is 0.664. The Morgan fingerprint density at radius 3 is 2.53 bits per heavy atom. The summed E-state index contributed by atoms with van der Waals surface area (Å²) in [4.78, 5) is 0. The summed E-state index contributed by atoms with van der Waals surface area (Å²) < 4.78 is 27.4. The first-order chi connectivity index (χ1) is 7.80. The quantitative estimate of drug-likeness (QED) is 0.811. The van der Waals surface area contributed by atoms with Gasteiger partial charge < -0.3 is 5.11 Å². The predicted molar refractivity (Wildman–Crippen MR) is 67.8 cm³/mol. The maximum atomic E-state index is 12.3. The van der Waals surface area contributed by atoms with Crippen LogP contribution in [0.15, 0.2) is 0 Å². The lowest BCUT2D eigenvalue weighted by Crippen LogP contribution is -2.51. The number of aliphatic hydroxyl groups excluding tert-OH is 1. The minimum Gasteiger partial charge on any atom is -0.393 e. The number of rotatable bonds is 4. The van der Waals surface area contributed by atoms with E-state index < -0.39 is 10.2 Å². The Labute approximate surface area is 105 Å². The van der Waals surface area contributed by atoms with Gasteiger partial charge in [0, 0.05) is 26.2 Å². The SMILES string of the molecule is CCC1CN(S(=O)(=O)N(C)C(C)C)CCC1O. The van der Waals surface area contributed by atoms with E-state index in [1.165, 1.54) is 8.61 Å². The van der Waals surface area contributed by atoms with Crippen LogP contribution in [0.1, 0.15) is 33.6 Å². The monoisotopic (exact) mass is 264 g/mol. The third kappa shape index (κ3) is 3.19. The molecule has 1 rings (SSSR count). The van der Waals surface area contributed by atoms with Crippen molar-refractivity contribution in [2.75, 3.05) is 20.1 Å². The van der Waals surface area contributed by atoms with Crippen LogP contribution in [0, 0.1) is 5.92 Å². The lowest BCUT2D eigenvalue weighted by Gasteiger charge is -2.37. The number of aliphatic hydroxyl groups is 1. The van der Waals surface area contributed by atoms with E-state index in [4.69, 9.17) is 0 Å². The summed E-state index contributed by atoms with van der Waals surface area (Å²) in [5, 5.41) is 9.77. The Bertz CT molecular complexity index is 343. The molecule has 1 fully saturated rings. The Hall–Kier alpha value is -0.170. The van der Waals surface area contributed by atoms with Gasteiger partial charge in [-0.2, -0.15) is 17.0 Å². The van der Waals surface area contributed by atoms with E-state index in [1.54, 1.807) is 7.05 Å². The second-order valence-corrected chi connectivity index (χ2v) is 6.99. The second-order valence-electron chi connectivity index (χ2n) is 5.00. The highest BCUT2D eigenvalue weighted by Gasteiger charge is 2.35. The van der Waals surface area contributed by atoms with Crippen molar-refractivity contribution in [3.05, 3.63) is 0 Å². The Kier molecular flexibility index (Phi) is 4.95. The Balaban J connectivity index is 2.80. The van der Waals surface area contributed by atoms with Crippen molar-refractivity contribution in [3.8, 4) is 0 Å². The average molecular weight is 264 g/mol. The number of nitrogens with zero attached hydrogens (tertiary/aromatic N) is 2. The first kappa shape index (κ1) is 14.9. The molecule has 1 heterocycles. The first-order valence-electron chi connectivity index (χ1n) is 6.21. The van der Waals surface area contributed by atoms with Crippen LogP contribution in [-0.2, 0) is 10.2 Å². The standard InChI is InChI=1S/C11H24N2O3S/c1-5-10-8-13(7-6-11(10)14)17(15,16)12(4)9(2)3/h9-11,14H,5-8H2,1-4H3. The van der Waals surface area contributed by atoms with E-state index >= 15 is 0 Å². The van der Waals surface area contributed by atoms with Crippen molar-refractivity contribution >= 4 is 10.2 Å². The van der Waals surface area contributed by atoms with Crippen molar-refractivity contribution in [2.24, 2.45) is 5.92 Å². The lowest BCUT2D eigenvalue weighted by molar-refractivity contribution is 0.0501. The van der Waals surface area contributed by atoms with E-state index in [2.05, 4.69) is 0 Å². The molecule has 0 bridgehead atoms. The molecule has 0 aromatic rings. The molecular weight excluding hydrogens is 240 g/mol. The Morgan fingerprint density at radius 1 is 1.47 bits per heavy atom. The third-order valence-electron chi connectivity index (χ3n) is 3.60. The molecule has 17 heavy (non-hydrogen) atoms. The maximum Gasteiger partial charge on any atom is 0.281 e. The summed E-state index contributed by atoms with van der Waals surface area (Å²) in [6.45, 7) is 6.53. The van der Waals surface area contributed by atoms with Crippen LogP contribution < -0.4 is 0 Å². The van der Waals surface area contributed by atoms with Crippen molar-refractivity contribution < 1.29 is 13.5 Å². The van der Waals surface area contributed by atoms with Crippen LogP contribution in [-0.4, -0.2) is 54.4 Å². The van der Waals surface area contributed by atoms with Gasteiger partial charge in [0.05, 0.1) is 6.10 Å². The van der Waals surface area contributed by atoms with Gasteiger partial charge in [0.15, 0.2) is 0 Å². The smallest absolute Gasteiger partial charge is 0.281 e. The average Bonchev–Trinajstić information content (AvgIpc) is 2.28. The van der Waals surface area contributed by atoms with Gasteiger partial charge in [-0.3, -0.25) is 0 Å². The topological polar surface area (TPSA) is 60.9 Å².